The molecular weight excluding hydrogens is 432 g/mol. The van der Waals surface area contributed by atoms with Crippen LogP contribution in [0.25, 0.3) is 11.4 Å². The normalized spacial score (nSPS) is 11.9. The molecule has 0 aliphatic rings. The number of nitrogens with one attached hydrogen (secondary N) is 2. The number of benzene rings is 2. The van der Waals surface area contributed by atoms with Gasteiger partial charge in [0.25, 0.3) is 11.5 Å². The smallest absolute Gasteiger partial charge is 0.418 e. The molecule has 0 spiro atoms. The maximum Gasteiger partial charge on any atom is 0.418 e. The number of aromatic hydroxyl groups is 1. The molecule has 1 aromatic heterocycles. The van der Waals surface area contributed by atoms with E-state index in [1.54, 1.807) is 0 Å². The van der Waals surface area contributed by atoms with Gasteiger partial charge in [-0.15, -0.1) is 0 Å². The van der Waals surface area contributed by atoms with Crippen molar-refractivity contribution in [2.24, 2.45) is 0 Å². The van der Waals surface area contributed by atoms with Crippen LogP contribution < -0.4 is 10.9 Å². The number of halogens is 6. The van der Waals surface area contributed by atoms with Crippen molar-refractivity contribution in [1.29, 1.82) is 0 Å². The lowest BCUT2D eigenvalue weighted by molar-refractivity contribution is -0.137. The molecule has 0 bridgehead atoms. The quantitative estimate of drug-likeness (QED) is 0.522. The Morgan fingerprint density at radius 3 is 2.06 bits per heavy atom. The number of para-hydroxylation sites is 1. The first-order chi connectivity index (χ1) is 14.4. The SMILES string of the molecule is O=C(Nc1ccccc1C(F)(F)F)c1nc(-c2ccccc2C(F)(F)F)[nH]c(=O)c1O. The number of nitrogens with zero attached hydrogens (tertiary/aromatic N) is 1. The van der Waals surface area contributed by atoms with E-state index in [2.05, 4.69) is 4.98 Å². The number of hydrogen-bond donors (Lipinski definition) is 3. The summed E-state index contributed by atoms with van der Waals surface area (Å²) < 4.78 is 79.1. The maximum absolute atomic E-state index is 13.3. The van der Waals surface area contributed by atoms with E-state index >= 15 is 0 Å². The summed E-state index contributed by atoms with van der Waals surface area (Å²) in [6.07, 6.45) is -9.66. The van der Waals surface area contributed by atoms with Crippen LogP contribution >= 0.6 is 0 Å². The molecule has 0 saturated carbocycles. The van der Waals surface area contributed by atoms with Crippen LogP contribution in [0.2, 0.25) is 0 Å². The molecule has 0 aliphatic heterocycles. The highest BCUT2D eigenvalue weighted by Crippen LogP contribution is 2.36. The summed E-state index contributed by atoms with van der Waals surface area (Å²) in [5, 5.41) is 11.7. The highest BCUT2D eigenvalue weighted by Gasteiger charge is 2.35. The predicted octanol–water partition coefficient (Wildman–Crippen LogP) is 4.43. The number of carbonyl (C=O) groups is 1. The van der Waals surface area contributed by atoms with Gasteiger partial charge in [0.1, 0.15) is 5.82 Å². The minimum atomic E-state index is -4.83. The molecule has 0 unspecified atom stereocenters. The monoisotopic (exact) mass is 443 g/mol. The van der Waals surface area contributed by atoms with Gasteiger partial charge in [-0.25, -0.2) is 4.98 Å². The second-order valence-corrected chi connectivity index (χ2v) is 6.15. The largest absolute Gasteiger partial charge is 0.501 e. The molecule has 0 aliphatic carbocycles. The number of alkyl halides is 6. The van der Waals surface area contributed by atoms with E-state index in [0.29, 0.717) is 12.1 Å². The Hall–Kier alpha value is -3.83. The number of hydrogen-bond acceptors (Lipinski definition) is 4. The zero-order valence-electron chi connectivity index (χ0n) is 15.1. The Morgan fingerprint density at radius 2 is 1.45 bits per heavy atom. The average molecular weight is 443 g/mol. The van der Waals surface area contributed by atoms with Gasteiger partial charge in [0.05, 0.1) is 16.8 Å². The van der Waals surface area contributed by atoms with Crippen LogP contribution in [0, 0.1) is 0 Å². The molecule has 3 N–H and O–H groups in total. The molecule has 162 valence electrons. The fourth-order valence-electron chi connectivity index (χ4n) is 2.71. The van der Waals surface area contributed by atoms with E-state index in [-0.39, 0.29) is 0 Å². The minimum absolute atomic E-state index is 0.600. The summed E-state index contributed by atoms with van der Waals surface area (Å²) in [4.78, 5) is 29.9. The van der Waals surface area contributed by atoms with Gasteiger partial charge in [-0.05, 0) is 18.2 Å². The van der Waals surface area contributed by atoms with Gasteiger partial charge >= 0.3 is 12.4 Å². The van der Waals surface area contributed by atoms with Crippen molar-refractivity contribution >= 4 is 11.6 Å². The number of H-pyrrole nitrogens is 1. The summed E-state index contributed by atoms with van der Waals surface area (Å²) in [5.74, 6) is -3.40. The van der Waals surface area contributed by atoms with Gasteiger partial charge in [0.2, 0.25) is 5.75 Å². The summed E-state index contributed by atoms with van der Waals surface area (Å²) >= 11 is 0. The number of carbonyl (C=O) groups excluding carboxylic acids is 1. The first kappa shape index (κ1) is 21.9. The van der Waals surface area contributed by atoms with Gasteiger partial charge in [0, 0.05) is 5.56 Å². The van der Waals surface area contributed by atoms with Crippen molar-refractivity contribution in [1.82, 2.24) is 9.97 Å². The second kappa shape index (κ2) is 7.78. The zero-order chi connectivity index (χ0) is 23.0. The molecule has 1 amide bonds. The van der Waals surface area contributed by atoms with Gasteiger partial charge < -0.3 is 15.4 Å². The molecule has 0 radical (unpaired) electrons. The molecule has 6 nitrogen and oxygen atoms in total. The van der Waals surface area contributed by atoms with E-state index in [4.69, 9.17) is 0 Å². The second-order valence-electron chi connectivity index (χ2n) is 6.15. The van der Waals surface area contributed by atoms with E-state index in [1.165, 1.54) is 12.1 Å². The molecule has 12 heteroatoms. The van der Waals surface area contributed by atoms with Crippen LogP contribution in [-0.2, 0) is 12.4 Å². The highest BCUT2D eigenvalue weighted by atomic mass is 19.4. The fraction of sp³-hybridized carbons (Fsp3) is 0.105. The molecule has 0 saturated heterocycles. The lowest BCUT2D eigenvalue weighted by Gasteiger charge is -2.15. The van der Waals surface area contributed by atoms with Crippen LogP contribution in [0.5, 0.6) is 5.75 Å². The van der Waals surface area contributed by atoms with Gasteiger partial charge in [-0.1, -0.05) is 30.3 Å². The Balaban J connectivity index is 2.09. The van der Waals surface area contributed by atoms with Gasteiger partial charge in [-0.2, -0.15) is 26.3 Å². The van der Waals surface area contributed by atoms with Crippen molar-refractivity contribution in [3.8, 4) is 17.1 Å². The number of anilines is 1. The van der Waals surface area contributed by atoms with Crippen molar-refractivity contribution in [2.45, 2.75) is 12.4 Å². The fourth-order valence-corrected chi connectivity index (χ4v) is 2.71. The lowest BCUT2D eigenvalue weighted by atomic mass is 10.1. The number of rotatable bonds is 3. The molecule has 3 rings (SSSR count). The zero-order valence-corrected chi connectivity index (χ0v) is 15.1. The third-order valence-electron chi connectivity index (χ3n) is 4.08. The van der Waals surface area contributed by atoms with Gasteiger partial charge in [0.15, 0.2) is 5.69 Å². The molecule has 3 aromatic rings. The van der Waals surface area contributed by atoms with Crippen LogP contribution in [0.3, 0.4) is 0 Å². The van der Waals surface area contributed by atoms with Crippen molar-refractivity contribution < 1.29 is 36.2 Å². The Morgan fingerprint density at radius 1 is 0.903 bits per heavy atom. The standard InChI is InChI=1S/C19H11F6N3O3/c20-18(21,22)10-6-2-1-5-9(10)15-27-13(14(29)17(31)28-15)16(30)26-12-8-4-3-7-11(12)19(23,24)25/h1-8,29H,(H,26,30)(H,27,28,31). The Labute approximate surface area is 169 Å². The molecule has 0 fully saturated rings. The number of amides is 1. The molecule has 0 atom stereocenters. The topological polar surface area (TPSA) is 95.1 Å². The summed E-state index contributed by atoms with van der Waals surface area (Å²) in [5.41, 5.74) is -6.09. The third-order valence-corrected chi connectivity index (χ3v) is 4.08. The summed E-state index contributed by atoms with van der Waals surface area (Å²) in [6, 6.07) is 7.87. The summed E-state index contributed by atoms with van der Waals surface area (Å²) in [7, 11) is 0. The molecule has 2 aromatic carbocycles. The van der Waals surface area contributed by atoms with Crippen LogP contribution in [0.4, 0.5) is 32.0 Å². The predicted molar refractivity (Wildman–Crippen MR) is 96.4 cm³/mol. The molecular formula is C19H11F6N3O3. The first-order valence-corrected chi connectivity index (χ1v) is 8.37. The van der Waals surface area contributed by atoms with E-state index < -0.39 is 63.5 Å². The van der Waals surface area contributed by atoms with E-state index in [0.717, 1.165) is 24.3 Å². The Bertz CT molecular complexity index is 1200. The molecule has 1 heterocycles. The van der Waals surface area contributed by atoms with Crippen molar-refractivity contribution in [3.63, 3.8) is 0 Å². The van der Waals surface area contributed by atoms with E-state index in [1.807, 2.05) is 10.3 Å². The highest BCUT2D eigenvalue weighted by molar-refractivity contribution is 6.05. The minimum Gasteiger partial charge on any atom is -0.501 e. The number of aromatic nitrogens is 2. The summed E-state index contributed by atoms with van der Waals surface area (Å²) in [6.45, 7) is 0. The van der Waals surface area contributed by atoms with Crippen LogP contribution in [0.1, 0.15) is 21.6 Å². The van der Waals surface area contributed by atoms with Crippen molar-refractivity contribution in [2.75, 3.05) is 5.32 Å². The Kier molecular flexibility index (Phi) is 5.49. The van der Waals surface area contributed by atoms with Crippen LogP contribution in [-0.4, -0.2) is 21.0 Å². The van der Waals surface area contributed by atoms with Crippen LogP contribution in [0.15, 0.2) is 53.3 Å². The van der Waals surface area contributed by atoms with Gasteiger partial charge in [-0.3, -0.25) is 9.59 Å². The average Bonchev–Trinajstić information content (AvgIpc) is 2.69. The van der Waals surface area contributed by atoms with E-state index in [9.17, 15) is 41.0 Å². The first-order valence-electron chi connectivity index (χ1n) is 8.37. The molecule has 31 heavy (non-hydrogen) atoms. The third kappa shape index (κ3) is 4.52. The maximum atomic E-state index is 13.3. The number of aromatic amines is 1. The lowest BCUT2D eigenvalue weighted by Crippen LogP contribution is -2.22. The van der Waals surface area contributed by atoms with Crippen molar-refractivity contribution in [3.05, 3.63) is 75.7 Å².